The summed E-state index contributed by atoms with van der Waals surface area (Å²) in [6.45, 7) is 1.35. The van der Waals surface area contributed by atoms with Crippen molar-refractivity contribution in [2.75, 3.05) is 26.0 Å². The number of ether oxygens (including phenoxy) is 1. The molecule has 2 rings (SSSR count). The summed E-state index contributed by atoms with van der Waals surface area (Å²) >= 11 is 0. The van der Waals surface area contributed by atoms with Crippen molar-refractivity contribution in [3.63, 3.8) is 0 Å². The van der Waals surface area contributed by atoms with Gasteiger partial charge in [0.05, 0.1) is 22.8 Å². The normalized spacial score (nSPS) is 16.8. The fourth-order valence-electron chi connectivity index (χ4n) is 2.25. The van der Waals surface area contributed by atoms with Gasteiger partial charge < -0.3 is 10.5 Å². The second kappa shape index (κ2) is 6.10. The number of sulfonamides is 1. The molecule has 0 aliphatic carbocycles. The van der Waals surface area contributed by atoms with E-state index < -0.39 is 31.0 Å². The highest BCUT2D eigenvalue weighted by molar-refractivity contribution is 7.92. The Morgan fingerprint density at radius 1 is 1.30 bits per heavy atom. The molecule has 1 saturated heterocycles. The number of nitrogens with zero attached hydrogens (tertiary/aromatic N) is 1. The van der Waals surface area contributed by atoms with Crippen LogP contribution < -0.4 is 10.5 Å². The summed E-state index contributed by atoms with van der Waals surface area (Å²) in [5.41, 5.74) is 5.17. The molecular formula is C13H18N2O6S2. The molecule has 1 aromatic carbocycles. The molecule has 0 saturated carbocycles. The molecular weight excluding hydrogens is 344 g/mol. The van der Waals surface area contributed by atoms with Crippen LogP contribution in [0.25, 0.3) is 0 Å². The summed E-state index contributed by atoms with van der Waals surface area (Å²) < 4.78 is 54.4. The van der Waals surface area contributed by atoms with Crippen LogP contribution in [0.2, 0.25) is 0 Å². The average molecular weight is 362 g/mol. The average Bonchev–Trinajstić information content (AvgIpc) is 2.44. The first kappa shape index (κ1) is 17.7. The maximum Gasteiger partial charge on any atom is 0.252 e. The zero-order chi connectivity index (χ0) is 17.4. The van der Waals surface area contributed by atoms with Gasteiger partial charge in [-0.15, -0.1) is 0 Å². The number of hydrogen-bond donors (Lipinski definition) is 1. The summed E-state index contributed by atoms with van der Waals surface area (Å²) in [6.07, 6.45) is 0. The van der Waals surface area contributed by atoms with Gasteiger partial charge in [0.15, 0.2) is 9.84 Å². The van der Waals surface area contributed by atoms with Crippen molar-refractivity contribution < 1.29 is 26.4 Å². The molecule has 0 bridgehead atoms. The van der Waals surface area contributed by atoms with E-state index >= 15 is 0 Å². The van der Waals surface area contributed by atoms with Crippen molar-refractivity contribution in [1.82, 2.24) is 4.31 Å². The molecule has 1 aliphatic rings. The maximum atomic E-state index is 12.5. The van der Waals surface area contributed by atoms with Gasteiger partial charge in [-0.05, 0) is 18.2 Å². The standard InChI is InChI=1S/C13H18N2O6S2/c1-3-22(17,18)10-7-15(8-10)23(19,20)9-4-5-12(21-2)11(6-9)13(14)16/h4-6,10H,3,7-8H2,1-2H3,(H2,14,16). The van der Waals surface area contributed by atoms with Crippen LogP contribution in [0.15, 0.2) is 23.1 Å². The van der Waals surface area contributed by atoms with Gasteiger partial charge in [0.2, 0.25) is 10.0 Å². The molecule has 23 heavy (non-hydrogen) atoms. The van der Waals surface area contributed by atoms with E-state index in [9.17, 15) is 21.6 Å². The lowest BCUT2D eigenvalue weighted by Crippen LogP contribution is -2.57. The molecule has 0 atom stereocenters. The Balaban J connectivity index is 2.29. The lowest BCUT2D eigenvalue weighted by molar-refractivity contribution is 0.0997. The number of amides is 1. The van der Waals surface area contributed by atoms with Gasteiger partial charge in [-0.2, -0.15) is 4.31 Å². The summed E-state index contributed by atoms with van der Waals surface area (Å²) in [5.74, 6) is -0.666. The van der Waals surface area contributed by atoms with E-state index in [1.165, 1.54) is 26.2 Å². The van der Waals surface area contributed by atoms with Crippen LogP contribution in [0, 0.1) is 0 Å². The van der Waals surface area contributed by atoms with Crippen LogP contribution in [0.4, 0.5) is 0 Å². The van der Waals surface area contributed by atoms with E-state index in [-0.39, 0.29) is 35.1 Å². The maximum absolute atomic E-state index is 12.5. The van der Waals surface area contributed by atoms with E-state index in [2.05, 4.69) is 0 Å². The van der Waals surface area contributed by atoms with Crippen molar-refractivity contribution in [3.05, 3.63) is 23.8 Å². The van der Waals surface area contributed by atoms with E-state index in [1.54, 1.807) is 0 Å². The van der Waals surface area contributed by atoms with E-state index in [0.717, 1.165) is 10.4 Å². The monoisotopic (exact) mass is 362 g/mol. The highest BCUT2D eigenvalue weighted by Gasteiger charge is 2.42. The van der Waals surface area contributed by atoms with Gasteiger partial charge >= 0.3 is 0 Å². The number of carbonyl (C=O) groups excluding carboxylic acids is 1. The van der Waals surface area contributed by atoms with Crippen LogP contribution in [-0.4, -0.2) is 58.3 Å². The predicted molar refractivity (Wildman–Crippen MR) is 83.5 cm³/mol. The topological polar surface area (TPSA) is 124 Å². The Bertz CT molecular complexity index is 826. The smallest absolute Gasteiger partial charge is 0.252 e. The number of carbonyl (C=O) groups is 1. The van der Waals surface area contributed by atoms with Crippen molar-refractivity contribution in [1.29, 1.82) is 0 Å². The van der Waals surface area contributed by atoms with Crippen molar-refractivity contribution in [2.45, 2.75) is 17.1 Å². The van der Waals surface area contributed by atoms with Crippen LogP contribution in [0.3, 0.4) is 0 Å². The first-order valence-corrected chi connectivity index (χ1v) is 9.98. The number of methoxy groups -OCH3 is 1. The third-order valence-corrected chi connectivity index (χ3v) is 7.75. The van der Waals surface area contributed by atoms with Gasteiger partial charge in [-0.1, -0.05) is 6.92 Å². The second-order valence-corrected chi connectivity index (χ2v) is 9.63. The fraction of sp³-hybridized carbons (Fsp3) is 0.462. The molecule has 10 heteroatoms. The molecule has 0 unspecified atom stereocenters. The van der Waals surface area contributed by atoms with E-state index in [4.69, 9.17) is 10.5 Å². The Morgan fingerprint density at radius 3 is 2.39 bits per heavy atom. The van der Waals surface area contributed by atoms with Crippen LogP contribution in [-0.2, 0) is 19.9 Å². The second-order valence-electron chi connectivity index (χ2n) is 5.12. The zero-order valence-corrected chi connectivity index (χ0v) is 14.4. The summed E-state index contributed by atoms with van der Waals surface area (Å²) in [7, 11) is -5.81. The minimum absolute atomic E-state index is 0.0279. The predicted octanol–water partition coefficient (Wildman–Crippen LogP) is -0.398. The van der Waals surface area contributed by atoms with Gasteiger partial charge in [-0.25, -0.2) is 16.8 Å². The van der Waals surface area contributed by atoms with E-state index in [1.807, 2.05) is 0 Å². The van der Waals surface area contributed by atoms with Crippen molar-refractivity contribution >= 4 is 25.8 Å². The lowest BCUT2D eigenvalue weighted by Gasteiger charge is -2.37. The number of hydrogen-bond acceptors (Lipinski definition) is 6. The first-order valence-electron chi connectivity index (χ1n) is 6.83. The summed E-state index contributed by atoms with van der Waals surface area (Å²) in [4.78, 5) is 11.3. The molecule has 1 amide bonds. The summed E-state index contributed by atoms with van der Waals surface area (Å²) in [5, 5.41) is -0.684. The minimum atomic E-state index is -3.88. The number of benzene rings is 1. The fourth-order valence-corrected chi connectivity index (χ4v) is 5.28. The molecule has 1 fully saturated rings. The quantitative estimate of drug-likeness (QED) is 0.734. The Morgan fingerprint density at radius 2 is 1.91 bits per heavy atom. The Kier molecular flexibility index (Phi) is 4.69. The van der Waals surface area contributed by atoms with Gasteiger partial charge in [0.1, 0.15) is 5.75 Å². The van der Waals surface area contributed by atoms with Crippen LogP contribution in [0.5, 0.6) is 5.75 Å². The Hall–Kier alpha value is -1.65. The van der Waals surface area contributed by atoms with Gasteiger partial charge in [-0.3, -0.25) is 4.79 Å². The molecule has 0 radical (unpaired) electrons. The van der Waals surface area contributed by atoms with Crippen LogP contribution in [0.1, 0.15) is 17.3 Å². The SMILES string of the molecule is CCS(=O)(=O)C1CN(S(=O)(=O)c2ccc(OC)c(C(N)=O)c2)C1. The number of sulfone groups is 1. The molecule has 1 aliphatic heterocycles. The highest BCUT2D eigenvalue weighted by Crippen LogP contribution is 2.28. The molecule has 8 nitrogen and oxygen atoms in total. The molecule has 128 valence electrons. The number of primary amides is 1. The third-order valence-electron chi connectivity index (χ3n) is 3.80. The molecule has 1 aromatic rings. The zero-order valence-electron chi connectivity index (χ0n) is 12.7. The molecule has 0 spiro atoms. The first-order chi connectivity index (χ1) is 10.6. The number of nitrogens with two attached hydrogens (primary N) is 1. The van der Waals surface area contributed by atoms with Gasteiger partial charge in [0, 0.05) is 18.8 Å². The highest BCUT2D eigenvalue weighted by atomic mass is 32.2. The minimum Gasteiger partial charge on any atom is -0.496 e. The summed E-state index contributed by atoms with van der Waals surface area (Å²) in [6, 6.07) is 3.77. The van der Waals surface area contributed by atoms with Crippen LogP contribution >= 0.6 is 0 Å². The Labute approximate surface area is 135 Å². The molecule has 1 heterocycles. The largest absolute Gasteiger partial charge is 0.496 e. The van der Waals surface area contributed by atoms with Crippen molar-refractivity contribution in [3.8, 4) is 5.75 Å². The number of rotatable bonds is 6. The third kappa shape index (κ3) is 3.19. The van der Waals surface area contributed by atoms with Crippen molar-refractivity contribution in [2.24, 2.45) is 5.73 Å². The lowest BCUT2D eigenvalue weighted by atomic mass is 10.2. The van der Waals surface area contributed by atoms with E-state index in [0.29, 0.717) is 0 Å². The molecule has 2 N–H and O–H groups in total. The van der Waals surface area contributed by atoms with Gasteiger partial charge in [0.25, 0.3) is 5.91 Å². The molecule has 0 aromatic heterocycles.